The zero-order valence-corrected chi connectivity index (χ0v) is 18.2. The van der Waals surface area contributed by atoms with Gasteiger partial charge in [0.05, 0.1) is 22.7 Å². The van der Waals surface area contributed by atoms with Crippen LogP contribution in [0.1, 0.15) is 25.8 Å². The minimum atomic E-state index is -0.777. The lowest BCUT2D eigenvalue weighted by atomic mass is 10.2. The van der Waals surface area contributed by atoms with Gasteiger partial charge in [-0.15, -0.1) is 11.3 Å². The van der Waals surface area contributed by atoms with E-state index in [4.69, 9.17) is 10.2 Å². The number of hydrogen-bond acceptors (Lipinski definition) is 7. The number of nitrogens with two attached hydrogens (primary N) is 1. The van der Waals surface area contributed by atoms with E-state index in [9.17, 15) is 19.2 Å². The van der Waals surface area contributed by atoms with Gasteiger partial charge in [-0.25, -0.2) is 4.79 Å². The van der Waals surface area contributed by atoms with Crippen LogP contribution in [0.4, 0.5) is 16.5 Å². The van der Waals surface area contributed by atoms with E-state index < -0.39 is 23.1 Å². The largest absolute Gasteiger partial charge is 0.459 e. The molecule has 4 aromatic rings. The lowest BCUT2D eigenvalue weighted by Crippen LogP contribution is -2.39. The summed E-state index contributed by atoms with van der Waals surface area (Å²) in [4.78, 5) is 53.6. The number of H-pyrrole nitrogens is 1. The Bertz CT molecular complexity index is 1420. The second kappa shape index (κ2) is 9.01. The first-order chi connectivity index (χ1) is 15.8. The highest BCUT2D eigenvalue weighted by Gasteiger charge is 2.23. The maximum Gasteiger partial charge on any atom is 0.330 e. The van der Waals surface area contributed by atoms with Crippen LogP contribution in [0.5, 0.6) is 0 Å². The van der Waals surface area contributed by atoms with E-state index in [1.54, 1.807) is 12.1 Å². The number of carbonyl (C=O) groups excluding carboxylic acids is 2. The third-order valence-corrected chi connectivity index (χ3v) is 5.82. The highest BCUT2D eigenvalue weighted by Crippen LogP contribution is 2.26. The van der Waals surface area contributed by atoms with Crippen LogP contribution in [-0.2, 0) is 6.54 Å². The fourth-order valence-corrected chi connectivity index (χ4v) is 4.07. The van der Waals surface area contributed by atoms with Gasteiger partial charge < -0.3 is 20.4 Å². The SMILES string of the molecule is CN(C(=O)c1ccc(NC(=O)c2ccco2)s1)c1c(N)n(Cc2ccccc2)c(=O)[nH]c1=O. The first-order valence-electron chi connectivity index (χ1n) is 9.74. The van der Waals surface area contributed by atoms with E-state index >= 15 is 0 Å². The first kappa shape index (κ1) is 21.8. The highest BCUT2D eigenvalue weighted by atomic mass is 32.1. The minimum absolute atomic E-state index is 0.124. The van der Waals surface area contributed by atoms with Gasteiger partial charge in [-0.3, -0.25) is 23.9 Å². The number of amides is 2. The molecule has 0 fully saturated rings. The summed E-state index contributed by atoms with van der Waals surface area (Å²) < 4.78 is 6.24. The molecule has 0 atom stereocenters. The summed E-state index contributed by atoms with van der Waals surface area (Å²) in [6.07, 6.45) is 1.38. The van der Waals surface area contributed by atoms with Crippen molar-refractivity contribution in [3.05, 3.63) is 97.9 Å². The van der Waals surface area contributed by atoms with Crippen LogP contribution in [0.3, 0.4) is 0 Å². The lowest BCUT2D eigenvalue weighted by Gasteiger charge is -2.20. The Kier molecular flexibility index (Phi) is 5.96. The van der Waals surface area contributed by atoms with Crippen molar-refractivity contribution in [2.45, 2.75) is 6.54 Å². The maximum atomic E-state index is 13.0. The molecule has 0 saturated heterocycles. The Hall–Kier alpha value is -4.38. The van der Waals surface area contributed by atoms with Gasteiger partial charge in [0.15, 0.2) is 11.4 Å². The number of aromatic nitrogens is 2. The number of anilines is 3. The molecular weight excluding hydrogens is 446 g/mol. The molecule has 0 bridgehead atoms. The Morgan fingerprint density at radius 1 is 1.12 bits per heavy atom. The molecule has 4 N–H and O–H groups in total. The normalized spacial score (nSPS) is 10.7. The zero-order valence-electron chi connectivity index (χ0n) is 17.4. The van der Waals surface area contributed by atoms with Crippen LogP contribution < -0.4 is 27.2 Å². The quantitative estimate of drug-likeness (QED) is 0.399. The lowest BCUT2D eigenvalue weighted by molar-refractivity contribution is 0.0989. The molecule has 1 aromatic carbocycles. The van der Waals surface area contributed by atoms with Crippen LogP contribution in [-0.4, -0.2) is 28.4 Å². The van der Waals surface area contributed by atoms with Gasteiger partial charge in [0.1, 0.15) is 5.82 Å². The molecule has 0 radical (unpaired) electrons. The standard InChI is InChI=1S/C22H19N5O5S/c1-26(21(30)15-9-10-16(33-15)24-19(28)14-8-5-11-32-14)17-18(23)27(22(31)25-20(17)29)12-13-6-3-2-4-7-13/h2-11H,12,23H2,1H3,(H,24,28)(H,25,29,31). The van der Waals surface area contributed by atoms with Gasteiger partial charge in [0.25, 0.3) is 17.4 Å². The number of carbonyl (C=O) groups is 2. The summed E-state index contributed by atoms with van der Waals surface area (Å²) in [6, 6.07) is 15.3. The fraction of sp³-hybridized carbons (Fsp3) is 0.0909. The van der Waals surface area contributed by atoms with E-state index in [0.29, 0.717) is 5.00 Å². The maximum absolute atomic E-state index is 13.0. The molecule has 3 heterocycles. The summed E-state index contributed by atoms with van der Waals surface area (Å²) in [7, 11) is 1.39. The average Bonchev–Trinajstić information content (AvgIpc) is 3.49. The second-order valence-electron chi connectivity index (χ2n) is 7.02. The van der Waals surface area contributed by atoms with Crippen molar-refractivity contribution in [2.75, 3.05) is 23.0 Å². The number of nitrogens with one attached hydrogen (secondary N) is 2. The predicted molar refractivity (Wildman–Crippen MR) is 125 cm³/mol. The summed E-state index contributed by atoms with van der Waals surface area (Å²) in [6.45, 7) is 0.124. The van der Waals surface area contributed by atoms with Crippen molar-refractivity contribution >= 4 is 39.7 Å². The first-order valence-corrected chi connectivity index (χ1v) is 10.6. The van der Waals surface area contributed by atoms with Crippen molar-refractivity contribution in [1.82, 2.24) is 9.55 Å². The monoisotopic (exact) mass is 465 g/mol. The molecule has 4 rings (SSSR count). The average molecular weight is 465 g/mol. The summed E-state index contributed by atoms with van der Waals surface area (Å²) in [5.74, 6) is -0.983. The number of thiophene rings is 1. The third-order valence-electron chi connectivity index (χ3n) is 4.84. The number of rotatable bonds is 6. The molecule has 2 amide bonds. The second-order valence-corrected chi connectivity index (χ2v) is 8.11. The third kappa shape index (κ3) is 4.48. The van der Waals surface area contributed by atoms with Gasteiger partial charge in [-0.05, 0) is 29.8 Å². The molecule has 0 aliphatic rings. The number of nitrogens with zero attached hydrogens (tertiary/aromatic N) is 2. The van der Waals surface area contributed by atoms with Gasteiger partial charge >= 0.3 is 5.69 Å². The molecule has 33 heavy (non-hydrogen) atoms. The van der Waals surface area contributed by atoms with Crippen molar-refractivity contribution in [3.8, 4) is 0 Å². The topological polar surface area (TPSA) is 143 Å². The Labute approximate surface area is 190 Å². The number of nitrogen functional groups attached to an aromatic ring is 1. The van der Waals surface area contributed by atoms with Gasteiger partial charge in [0, 0.05) is 7.05 Å². The van der Waals surface area contributed by atoms with Gasteiger partial charge in [0.2, 0.25) is 0 Å². The van der Waals surface area contributed by atoms with E-state index in [-0.39, 0.29) is 28.7 Å². The fourth-order valence-electron chi connectivity index (χ4n) is 3.19. The highest BCUT2D eigenvalue weighted by molar-refractivity contribution is 7.18. The number of hydrogen-bond donors (Lipinski definition) is 3. The van der Waals surface area contributed by atoms with E-state index in [2.05, 4.69) is 10.3 Å². The van der Waals surface area contributed by atoms with Crippen LogP contribution in [0.15, 0.2) is 74.9 Å². The summed E-state index contributed by atoms with van der Waals surface area (Å²) in [5.41, 5.74) is 5.36. The molecule has 168 valence electrons. The van der Waals surface area contributed by atoms with Crippen molar-refractivity contribution < 1.29 is 14.0 Å². The van der Waals surface area contributed by atoms with Crippen molar-refractivity contribution in [2.24, 2.45) is 0 Å². The Balaban J connectivity index is 1.59. The molecule has 0 spiro atoms. The minimum Gasteiger partial charge on any atom is -0.459 e. The number of aromatic amines is 1. The molecule has 0 unspecified atom stereocenters. The number of benzene rings is 1. The molecule has 10 nitrogen and oxygen atoms in total. The predicted octanol–water partition coefficient (Wildman–Crippen LogP) is 2.35. The molecule has 0 saturated carbocycles. The van der Waals surface area contributed by atoms with Crippen LogP contribution in [0, 0.1) is 0 Å². The van der Waals surface area contributed by atoms with Crippen molar-refractivity contribution in [1.29, 1.82) is 0 Å². The zero-order chi connectivity index (χ0) is 23.5. The summed E-state index contributed by atoms with van der Waals surface area (Å²) >= 11 is 1.02. The van der Waals surface area contributed by atoms with Crippen LogP contribution in [0.2, 0.25) is 0 Å². The van der Waals surface area contributed by atoms with Crippen LogP contribution in [0.25, 0.3) is 0 Å². The molecule has 11 heteroatoms. The molecule has 0 aliphatic heterocycles. The number of furan rings is 1. The van der Waals surface area contributed by atoms with E-state index in [1.165, 1.54) is 30.0 Å². The molecule has 0 aliphatic carbocycles. The molecule has 3 aromatic heterocycles. The van der Waals surface area contributed by atoms with Crippen molar-refractivity contribution in [3.63, 3.8) is 0 Å². The van der Waals surface area contributed by atoms with Crippen LogP contribution >= 0.6 is 11.3 Å². The van der Waals surface area contributed by atoms with E-state index in [1.807, 2.05) is 30.3 Å². The molecular formula is C22H19N5O5S. The Morgan fingerprint density at radius 3 is 2.58 bits per heavy atom. The smallest absolute Gasteiger partial charge is 0.330 e. The Morgan fingerprint density at radius 2 is 1.88 bits per heavy atom. The van der Waals surface area contributed by atoms with E-state index in [0.717, 1.165) is 21.8 Å². The summed E-state index contributed by atoms with van der Waals surface area (Å²) in [5, 5.41) is 3.06. The van der Waals surface area contributed by atoms with Gasteiger partial charge in [-0.1, -0.05) is 30.3 Å². The van der Waals surface area contributed by atoms with Gasteiger partial charge in [-0.2, -0.15) is 0 Å².